The van der Waals surface area contributed by atoms with E-state index in [4.69, 9.17) is 0 Å². The van der Waals surface area contributed by atoms with E-state index in [2.05, 4.69) is 36.4 Å². The normalized spacial score (nSPS) is 10.7. The zero-order valence-electron chi connectivity index (χ0n) is 9.52. The number of aromatic nitrogens is 3. The molecule has 2 heterocycles. The van der Waals surface area contributed by atoms with Crippen LogP contribution in [0.15, 0.2) is 47.2 Å². The lowest BCUT2D eigenvalue weighted by atomic mass is 10.2. The van der Waals surface area contributed by atoms with Gasteiger partial charge in [-0.15, -0.1) is 0 Å². The van der Waals surface area contributed by atoms with Crippen molar-refractivity contribution in [2.75, 3.05) is 5.32 Å². The fourth-order valence-electron chi connectivity index (χ4n) is 1.79. The van der Waals surface area contributed by atoms with Gasteiger partial charge in [0.25, 0.3) is 0 Å². The highest BCUT2D eigenvalue weighted by atomic mass is 79.9. The predicted octanol–water partition coefficient (Wildman–Crippen LogP) is 3.33. The number of nitrogens with zero attached hydrogens (tertiary/aromatic N) is 2. The molecule has 3 aromatic rings. The van der Waals surface area contributed by atoms with Crippen LogP contribution in [0.1, 0.15) is 5.69 Å². The highest BCUT2D eigenvalue weighted by Gasteiger charge is 1.99. The number of aromatic amines is 1. The topological polar surface area (TPSA) is 53.6 Å². The number of benzene rings is 1. The Hall–Kier alpha value is -1.88. The molecule has 0 saturated heterocycles. The molecule has 18 heavy (non-hydrogen) atoms. The molecule has 1 aromatic carbocycles. The Morgan fingerprint density at radius 1 is 1.22 bits per heavy atom. The maximum absolute atomic E-state index is 4.37. The number of hydrogen-bond donors (Lipinski definition) is 2. The first-order valence-electron chi connectivity index (χ1n) is 5.60. The van der Waals surface area contributed by atoms with Crippen molar-refractivity contribution >= 4 is 32.5 Å². The van der Waals surface area contributed by atoms with E-state index in [1.807, 2.05) is 42.6 Å². The average Bonchev–Trinajstić information content (AvgIpc) is 2.84. The summed E-state index contributed by atoms with van der Waals surface area (Å²) < 4.78 is 0.853. The minimum Gasteiger partial charge on any atom is -0.379 e. The van der Waals surface area contributed by atoms with E-state index < -0.39 is 0 Å². The maximum Gasteiger partial charge on any atom is 0.106 e. The van der Waals surface area contributed by atoms with Gasteiger partial charge in [0.05, 0.1) is 24.0 Å². The Labute approximate surface area is 113 Å². The third-order valence-electron chi connectivity index (χ3n) is 2.69. The first kappa shape index (κ1) is 11.2. The summed E-state index contributed by atoms with van der Waals surface area (Å²) in [5.41, 5.74) is 3.07. The SMILES string of the molecule is Brc1cccc(CNc2ccc3cn[nH]c3c2)n1. The second kappa shape index (κ2) is 4.78. The van der Waals surface area contributed by atoms with Gasteiger partial charge in [0.1, 0.15) is 4.60 Å². The largest absolute Gasteiger partial charge is 0.379 e. The van der Waals surface area contributed by atoms with Gasteiger partial charge in [-0.1, -0.05) is 6.07 Å². The van der Waals surface area contributed by atoms with E-state index in [1.165, 1.54) is 0 Å². The van der Waals surface area contributed by atoms with Crippen molar-refractivity contribution in [2.45, 2.75) is 6.54 Å². The summed E-state index contributed by atoms with van der Waals surface area (Å²) in [5.74, 6) is 0. The fourth-order valence-corrected chi connectivity index (χ4v) is 2.17. The second-order valence-corrected chi connectivity index (χ2v) is 4.79. The van der Waals surface area contributed by atoms with Gasteiger partial charge in [-0.3, -0.25) is 5.10 Å². The molecule has 0 bridgehead atoms. The van der Waals surface area contributed by atoms with Crippen molar-refractivity contribution in [1.29, 1.82) is 0 Å². The molecule has 90 valence electrons. The van der Waals surface area contributed by atoms with E-state index in [1.54, 1.807) is 0 Å². The van der Waals surface area contributed by atoms with E-state index in [-0.39, 0.29) is 0 Å². The van der Waals surface area contributed by atoms with E-state index in [9.17, 15) is 0 Å². The van der Waals surface area contributed by atoms with Gasteiger partial charge in [-0.05, 0) is 46.3 Å². The summed E-state index contributed by atoms with van der Waals surface area (Å²) in [6.07, 6.45) is 1.81. The third-order valence-corrected chi connectivity index (χ3v) is 3.13. The second-order valence-electron chi connectivity index (χ2n) is 3.98. The van der Waals surface area contributed by atoms with Crippen molar-refractivity contribution in [3.8, 4) is 0 Å². The Kier molecular flexibility index (Phi) is 2.98. The van der Waals surface area contributed by atoms with Crippen LogP contribution in [0.4, 0.5) is 5.69 Å². The average molecular weight is 303 g/mol. The maximum atomic E-state index is 4.37. The molecule has 0 aliphatic heterocycles. The van der Waals surface area contributed by atoms with Gasteiger partial charge in [0.2, 0.25) is 0 Å². The van der Waals surface area contributed by atoms with Crippen LogP contribution in [-0.2, 0) is 6.54 Å². The molecular weight excluding hydrogens is 292 g/mol. The van der Waals surface area contributed by atoms with Crippen molar-refractivity contribution in [2.24, 2.45) is 0 Å². The van der Waals surface area contributed by atoms with Crippen LogP contribution in [0.3, 0.4) is 0 Å². The zero-order chi connectivity index (χ0) is 12.4. The number of H-pyrrole nitrogens is 1. The lowest BCUT2D eigenvalue weighted by Crippen LogP contribution is -2.01. The van der Waals surface area contributed by atoms with Crippen LogP contribution < -0.4 is 5.32 Å². The van der Waals surface area contributed by atoms with Gasteiger partial charge < -0.3 is 5.32 Å². The summed E-state index contributed by atoms with van der Waals surface area (Å²) in [6.45, 7) is 0.694. The van der Waals surface area contributed by atoms with Crippen LogP contribution >= 0.6 is 15.9 Å². The number of nitrogens with one attached hydrogen (secondary N) is 2. The van der Waals surface area contributed by atoms with Gasteiger partial charge in [0, 0.05) is 11.1 Å². The zero-order valence-corrected chi connectivity index (χ0v) is 11.1. The Balaban J connectivity index is 1.76. The molecule has 2 aromatic heterocycles. The third kappa shape index (κ3) is 2.36. The standard InChI is InChI=1S/C13H11BrN4/c14-13-3-1-2-11(17-13)8-15-10-5-4-9-7-16-18-12(9)6-10/h1-7,15H,8H2,(H,16,18). The van der Waals surface area contributed by atoms with Crippen molar-refractivity contribution in [1.82, 2.24) is 15.2 Å². The summed E-state index contributed by atoms with van der Waals surface area (Å²) >= 11 is 3.36. The molecule has 2 N–H and O–H groups in total. The minimum atomic E-state index is 0.694. The highest BCUT2D eigenvalue weighted by molar-refractivity contribution is 9.10. The molecule has 0 aliphatic carbocycles. The van der Waals surface area contributed by atoms with Crippen LogP contribution in [0.25, 0.3) is 10.9 Å². The Morgan fingerprint density at radius 3 is 3.06 bits per heavy atom. The van der Waals surface area contributed by atoms with Crippen molar-refractivity contribution < 1.29 is 0 Å². The Bertz CT molecular complexity index is 677. The minimum absolute atomic E-state index is 0.694. The van der Waals surface area contributed by atoms with Crippen LogP contribution in [-0.4, -0.2) is 15.2 Å². The van der Waals surface area contributed by atoms with Gasteiger partial charge in [-0.25, -0.2) is 4.98 Å². The van der Waals surface area contributed by atoms with E-state index >= 15 is 0 Å². The number of fused-ring (bicyclic) bond motifs is 1. The van der Waals surface area contributed by atoms with Gasteiger partial charge in [0.15, 0.2) is 0 Å². The lowest BCUT2D eigenvalue weighted by molar-refractivity contribution is 1.03. The summed E-state index contributed by atoms with van der Waals surface area (Å²) in [5, 5.41) is 11.4. The molecule has 0 spiro atoms. The van der Waals surface area contributed by atoms with Gasteiger partial charge >= 0.3 is 0 Å². The van der Waals surface area contributed by atoms with Crippen LogP contribution in [0.2, 0.25) is 0 Å². The lowest BCUT2D eigenvalue weighted by Gasteiger charge is -2.06. The number of pyridine rings is 1. The van der Waals surface area contributed by atoms with E-state index in [0.29, 0.717) is 6.54 Å². The first-order chi connectivity index (χ1) is 8.81. The molecular formula is C13H11BrN4. The Morgan fingerprint density at radius 2 is 2.17 bits per heavy atom. The molecule has 0 unspecified atom stereocenters. The van der Waals surface area contributed by atoms with Gasteiger partial charge in [-0.2, -0.15) is 5.10 Å². The monoisotopic (exact) mass is 302 g/mol. The van der Waals surface area contributed by atoms with Crippen molar-refractivity contribution in [3.05, 3.63) is 52.9 Å². The quantitative estimate of drug-likeness (QED) is 0.730. The number of hydrogen-bond acceptors (Lipinski definition) is 3. The molecule has 5 heteroatoms. The molecule has 4 nitrogen and oxygen atoms in total. The molecule has 3 rings (SSSR count). The molecule has 0 saturated carbocycles. The molecule has 0 amide bonds. The first-order valence-corrected chi connectivity index (χ1v) is 6.39. The number of anilines is 1. The number of rotatable bonds is 3. The summed E-state index contributed by atoms with van der Waals surface area (Å²) in [6, 6.07) is 12.0. The van der Waals surface area contributed by atoms with E-state index in [0.717, 1.165) is 26.9 Å². The summed E-state index contributed by atoms with van der Waals surface area (Å²) in [7, 11) is 0. The predicted molar refractivity (Wildman–Crippen MR) is 75.4 cm³/mol. The molecule has 0 fully saturated rings. The molecule has 0 radical (unpaired) electrons. The fraction of sp³-hybridized carbons (Fsp3) is 0.0769. The summed E-state index contributed by atoms with van der Waals surface area (Å²) in [4.78, 5) is 4.37. The highest BCUT2D eigenvalue weighted by Crippen LogP contribution is 2.17. The molecule has 0 atom stereocenters. The number of halogens is 1. The van der Waals surface area contributed by atoms with Crippen LogP contribution in [0.5, 0.6) is 0 Å². The van der Waals surface area contributed by atoms with Crippen molar-refractivity contribution in [3.63, 3.8) is 0 Å². The van der Waals surface area contributed by atoms with Crippen LogP contribution in [0, 0.1) is 0 Å². The molecule has 0 aliphatic rings. The smallest absolute Gasteiger partial charge is 0.106 e.